The number of pyridine rings is 2. The largest absolute Gasteiger partial charge is 0.457 e. The van der Waals surface area contributed by atoms with Crippen LogP contribution in [0.2, 0.25) is 5.02 Å². The number of hydrogen-bond donors (Lipinski definition) is 0. The van der Waals surface area contributed by atoms with Crippen LogP contribution in [-0.4, -0.2) is 48.0 Å². The highest BCUT2D eigenvalue weighted by Crippen LogP contribution is 2.32. The number of amides is 1. The smallest absolute Gasteiger partial charge is 0.227 e. The molecular weight excluding hydrogens is 376 g/mol. The van der Waals surface area contributed by atoms with Crippen LogP contribution < -0.4 is 9.64 Å². The van der Waals surface area contributed by atoms with Gasteiger partial charge >= 0.3 is 0 Å². The molecule has 144 valence electrons. The third-order valence-electron chi connectivity index (χ3n) is 4.98. The molecule has 7 heteroatoms. The van der Waals surface area contributed by atoms with E-state index < -0.39 is 0 Å². The third-order valence-corrected chi connectivity index (χ3v) is 5.25. The molecule has 1 aliphatic heterocycles. The predicted molar refractivity (Wildman–Crippen MR) is 110 cm³/mol. The Morgan fingerprint density at radius 2 is 2.00 bits per heavy atom. The van der Waals surface area contributed by atoms with Crippen LogP contribution >= 0.6 is 11.6 Å². The molecule has 0 spiro atoms. The fourth-order valence-electron chi connectivity index (χ4n) is 3.51. The van der Waals surface area contributed by atoms with E-state index in [4.69, 9.17) is 16.3 Å². The molecule has 1 aromatic carbocycles. The molecule has 0 N–H and O–H groups in total. The van der Waals surface area contributed by atoms with Crippen LogP contribution in [0.5, 0.6) is 11.5 Å². The van der Waals surface area contributed by atoms with Gasteiger partial charge in [-0.15, -0.1) is 0 Å². The lowest BCUT2D eigenvalue weighted by Crippen LogP contribution is -2.31. The summed E-state index contributed by atoms with van der Waals surface area (Å²) in [6.07, 6.45) is 5.82. The quantitative estimate of drug-likeness (QED) is 0.667. The minimum Gasteiger partial charge on any atom is -0.457 e. The summed E-state index contributed by atoms with van der Waals surface area (Å²) in [6.45, 7) is 1.62. The van der Waals surface area contributed by atoms with Crippen LogP contribution in [-0.2, 0) is 4.79 Å². The highest BCUT2D eigenvalue weighted by molar-refractivity contribution is 6.35. The number of nitrogens with zero attached hydrogens (tertiary/aromatic N) is 4. The van der Waals surface area contributed by atoms with Crippen LogP contribution in [0.4, 0.5) is 5.69 Å². The van der Waals surface area contributed by atoms with Crippen LogP contribution in [0.1, 0.15) is 6.42 Å². The molecule has 6 nitrogen and oxygen atoms in total. The van der Waals surface area contributed by atoms with Crippen molar-refractivity contribution in [2.24, 2.45) is 5.92 Å². The van der Waals surface area contributed by atoms with Crippen LogP contribution in [0.25, 0.3) is 10.9 Å². The SMILES string of the molecule is CN(C)C(=O)[C@H]1CCN(c2ccc(Oc3ccnc4c(Cl)cncc34)cc2)C1. The van der Waals surface area contributed by atoms with E-state index >= 15 is 0 Å². The normalized spacial score (nSPS) is 16.4. The number of fused-ring (bicyclic) bond motifs is 1. The maximum absolute atomic E-state index is 12.2. The zero-order valence-electron chi connectivity index (χ0n) is 15.8. The lowest BCUT2D eigenvalue weighted by Gasteiger charge is -2.20. The van der Waals surface area contributed by atoms with Crippen LogP contribution in [0, 0.1) is 5.92 Å². The van der Waals surface area contributed by atoms with Gasteiger partial charge in [-0.1, -0.05) is 11.6 Å². The Morgan fingerprint density at radius 1 is 1.21 bits per heavy atom. The van der Waals surface area contributed by atoms with Gasteiger partial charge in [-0.2, -0.15) is 0 Å². The van der Waals surface area contributed by atoms with Gasteiger partial charge in [-0.05, 0) is 36.8 Å². The summed E-state index contributed by atoms with van der Waals surface area (Å²) in [5.74, 6) is 1.63. The lowest BCUT2D eigenvalue weighted by molar-refractivity contribution is -0.132. The Balaban J connectivity index is 1.49. The number of carbonyl (C=O) groups excluding carboxylic acids is 1. The molecule has 3 heterocycles. The second-order valence-electron chi connectivity index (χ2n) is 7.09. The van der Waals surface area contributed by atoms with Crippen molar-refractivity contribution < 1.29 is 9.53 Å². The molecule has 1 amide bonds. The standard InChI is InChI=1S/C21H21ClN4O2/c1-25(2)21(27)14-8-10-26(13-14)15-3-5-16(6-4-15)28-19-7-9-24-20-17(19)11-23-12-18(20)22/h3-7,9,11-12,14H,8,10,13H2,1-2H3/t14-/m0/s1. The summed E-state index contributed by atoms with van der Waals surface area (Å²) in [7, 11) is 3.62. The zero-order chi connectivity index (χ0) is 19.7. The van der Waals surface area contributed by atoms with Crippen molar-refractivity contribution in [3.05, 3.63) is 53.9 Å². The second kappa shape index (κ2) is 7.64. The molecule has 1 atom stereocenters. The number of carbonyl (C=O) groups is 1. The minimum atomic E-state index is 0.0614. The average molecular weight is 397 g/mol. The molecular formula is C21H21ClN4O2. The molecule has 0 aliphatic carbocycles. The summed E-state index contributed by atoms with van der Waals surface area (Å²) in [5, 5.41) is 1.26. The van der Waals surface area contributed by atoms with E-state index in [9.17, 15) is 4.79 Å². The van der Waals surface area contributed by atoms with Crippen molar-refractivity contribution in [3.63, 3.8) is 0 Å². The molecule has 3 aromatic rings. The van der Waals surface area contributed by atoms with Crippen molar-refractivity contribution in [2.75, 3.05) is 32.1 Å². The van der Waals surface area contributed by atoms with Gasteiger partial charge in [0.2, 0.25) is 5.91 Å². The number of benzene rings is 1. The van der Waals surface area contributed by atoms with Crippen molar-refractivity contribution in [1.82, 2.24) is 14.9 Å². The summed E-state index contributed by atoms with van der Waals surface area (Å²) < 4.78 is 6.04. The molecule has 0 radical (unpaired) electrons. The van der Waals surface area contributed by atoms with E-state index in [1.165, 1.54) is 0 Å². The Kier molecular flexibility index (Phi) is 5.05. The van der Waals surface area contributed by atoms with E-state index in [2.05, 4.69) is 14.9 Å². The van der Waals surface area contributed by atoms with Gasteiger partial charge in [0.25, 0.3) is 0 Å². The van der Waals surface area contributed by atoms with Crippen molar-refractivity contribution in [3.8, 4) is 11.5 Å². The van der Waals surface area contributed by atoms with E-state index in [1.54, 1.807) is 29.6 Å². The Labute approximate surface area is 168 Å². The first-order chi connectivity index (χ1) is 13.5. The first kappa shape index (κ1) is 18.5. The predicted octanol–water partition coefficient (Wildman–Crippen LogP) is 3.99. The van der Waals surface area contributed by atoms with Crippen molar-refractivity contribution >= 4 is 34.1 Å². The number of ether oxygens (including phenoxy) is 1. The monoisotopic (exact) mass is 396 g/mol. The topological polar surface area (TPSA) is 58.6 Å². The van der Waals surface area contributed by atoms with Gasteiger partial charge in [-0.3, -0.25) is 14.8 Å². The van der Waals surface area contributed by atoms with Crippen LogP contribution in [0.15, 0.2) is 48.9 Å². The number of aromatic nitrogens is 2. The van der Waals surface area contributed by atoms with Crippen molar-refractivity contribution in [2.45, 2.75) is 6.42 Å². The fraction of sp³-hybridized carbons (Fsp3) is 0.286. The van der Waals surface area contributed by atoms with Crippen LogP contribution in [0.3, 0.4) is 0 Å². The maximum atomic E-state index is 12.2. The minimum absolute atomic E-state index is 0.0614. The fourth-order valence-corrected chi connectivity index (χ4v) is 3.72. The number of rotatable bonds is 4. The Hall–Kier alpha value is -2.86. The van der Waals surface area contributed by atoms with Gasteiger partial charge < -0.3 is 14.5 Å². The Morgan fingerprint density at radius 3 is 2.75 bits per heavy atom. The summed E-state index contributed by atoms with van der Waals surface area (Å²) in [6, 6.07) is 9.70. The van der Waals surface area contributed by atoms with E-state index in [0.717, 1.165) is 36.3 Å². The van der Waals surface area contributed by atoms with Gasteiger partial charge in [0.1, 0.15) is 11.5 Å². The first-order valence-corrected chi connectivity index (χ1v) is 9.53. The molecule has 2 aromatic heterocycles. The summed E-state index contributed by atoms with van der Waals surface area (Å²) in [5.41, 5.74) is 1.75. The average Bonchev–Trinajstić information content (AvgIpc) is 3.19. The molecule has 1 fully saturated rings. The molecule has 0 saturated carbocycles. The lowest BCUT2D eigenvalue weighted by atomic mass is 10.1. The summed E-state index contributed by atoms with van der Waals surface area (Å²) in [4.78, 5) is 24.5. The maximum Gasteiger partial charge on any atom is 0.227 e. The van der Waals surface area contributed by atoms with Gasteiger partial charge in [0.15, 0.2) is 0 Å². The summed E-state index contributed by atoms with van der Waals surface area (Å²) >= 11 is 6.17. The first-order valence-electron chi connectivity index (χ1n) is 9.15. The van der Waals surface area contributed by atoms with E-state index in [-0.39, 0.29) is 11.8 Å². The molecule has 4 rings (SSSR count). The number of anilines is 1. The molecule has 1 saturated heterocycles. The molecule has 28 heavy (non-hydrogen) atoms. The molecule has 1 aliphatic rings. The van der Waals surface area contributed by atoms with E-state index in [1.807, 2.05) is 38.4 Å². The molecule has 0 bridgehead atoms. The molecule has 0 unspecified atom stereocenters. The second-order valence-corrected chi connectivity index (χ2v) is 7.49. The Bertz CT molecular complexity index is 1010. The highest BCUT2D eigenvalue weighted by atomic mass is 35.5. The van der Waals surface area contributed by atoms with Gasteiger partial charge in [0, 0.05) is 51.5 Å². The van der Waals surface area contributed by atoms with Crippen molar-refractivity contribution in [1.29, 1.82) is 0 Å². The van der Waals surface area contributed by atoms with Gasteiger partial charge in [0.05, 0.1) is 21.8 Å². The zero-order valence-corrected chi connectivity index (χ0v) is 16.6. The third kappa shape index (κ3) is 3.60. The number of halogens is 1. The number of hydrogen-bond acceptors (Lipinski definition) is 5. The highest BCUT2D eigenvalue weighted by Gasteiger charge is 2.29. The van der Waals surface area contributed by atoms with Gasteiger partial charge in [-0.25, -0.2) is 0 Å². The van der Waals surface area contributed by atoms with E-state index in [0.29, 0.717) is 16.3 Å².